The molecule has 1 aliphatic rings. The molecule has 2 heteroatoms. The Morgan fingerprint density at radius 1 is 0.833 bits per heavy atom. The summed E-state index contributed by atoms with van der Waals surface area (Å²) >= 11 is 0. The van der Waals surface area contributed by atoms with Gasteiger partial charge in [0, 0.05) is 10.8 Å². The summed E-state index contributed by atoms with van der Waals surface area (Å²) < 4.78 is 0. The Morgan fingerprint density at radius 3 is 1.33 bits per heavy atom. The Kier molecular flexibility index (Phi) is 1.74. The Bertz CT molecular complexity index is 242. The summed E-state index contributed by atoms with van der Waals surface area (Å²) in [5.74, 6) is 0.0687. The lowest BCUT2D eigenvalue weighted by Gasteiger charge is -2.39. The van der Waals surface area contributed by atoms with Gasteiger partial charge in [-0.2, -0.15) is 0 Å². The van der Waals surface area contributed by atoms with E-state index in [0.717, 1.165) is 0 Å². The van der Waals surface area contributed by atoms with Gasteiger partial charge < -0.3 is 0 Å². The second kappa shape index (κ2) is 2.28. The van der Waals surface area contributed by atoms with Crippen LogP contribution in [0.25, 0.3) is 0 Å². The topological polar surface area (TPSA) is 34.1 Å². The molecule has 0 bridgehead atoms. The molecule has 0 saturated carbocycles. The van der Waals surface area contributed by atoms with E-state index < -0.39 is 10.8 Å². The molecule has 0 spiro atoms. The molecule has 1 aliphatic carbocycles. The molecule has 12 heavy (non-hydrogen) atoms. The Hall–Kier alpha value is -0.920. The predicted octanol–water partition coefficient (Wildman–Crippen LogP) is 1.75. The van der Waals surface area contributed by atoms with Gasteiger partial charge in [-0.15, -0.1) is 0 Å². The fourth-order valence-corrected chi connectivity index (χ4v) is 1.18. The number of ketones is 2. The first-order valence-corrected chi connectivity index (χ1v) is 4.07. The van der Waals surface area contributed by atoms with Crippen LogP contribution in [0.2, 0.25) is 0 Å². The highest BCUT2D eigenvalue weighted by Crippen LogP contribution is 2.42. The zero-order chi connectivity index (χ0) is 9.57. The van der Waals surface area contributed by atoms with Crippen LogP contribution in [0.5, 0.6) is 0 Å². The molecule has 0 radical (unpaired) electrons. The molecule has 0 aliphatic heterocycles. The standard InChI is InChI=1S/C10H14O2/c1-9(2)7(11)5-6-8(12)10(9,3)4/h5-6H,1-4H3. The molecule has 0 atom stereocenters. The lowest BCUT2D eigenvalue weighted by atomic mass is 9.61. The highest BCUT2D eigenvalue weighted by Gasteiger charge is 2.48. The molecular formula is C10H14O2. The molecule has 0 aromatic heterocycles. The summed E-state index contributed by atoms with van der Waals surface area (Å²) in [7, 11) is 0. The quantitative estimate of drug-likeness (QED) is 0.549. The van der Waals surface area contributed by atoms with Crippen LogP contribution < -0.4 is 0 Å². The number of rotatable bonds is 0. The first-order valence-electron chi connectivity index (χ1n) is 4.07. The third-order valence-corrected chi connectivity index (χ3v) is 3.18. The van der Waals surface area contributed by atoms with E-state index in [2.05, 4.69) is 0 Å². The van der Waals surface area contributed by atoms with Crippen molar-refractivity contribution < 1.29 is 9.59 Å². The molecule has 0 aromatic rings. The SMILES string of the molecule is CC1(C)C(=O)C=CC(=O)C1(C)C. The molecule has 0 unspecified atom stereocenters. The van der Waals surface area contributed by atoms with Gasteiger partial charge in [0.1, 0.15) is 0 Å². The number of carbonyl (C=O) groups is 2. The summed E-state index contributed by atoms with van der Waals surface area (Å²) in [6.07, 6.45) is 2.77. The minimum atomic E-state index is -0.571. The van der Waals surface area contributed by atoms with Crippen LogP contribution in [-0.4, -0.2) is 11.6 Å². The van der Waals surface area contributed by atoms with E-state index in [1.807, 2.05) is 27.7 Å². The van der Waals surface area contributed by atoms with E-state index >= 15 is 0 Å². The van der Waals surface area contributed by atoms with Gasteiger partial charge >= 0.3 is 0 Å². The van der Waals surface area contributed by atoms with E-state index in [4.69, 9.17) is 0 Å². The van der Waals surface area contributed by atoms with E-state index in [1.165, 1.54) is 12.2 Å². The number of hydrogen-bond donors (Lipinski definition) is 0. The van der Waals surface area contributed by atoms with Gasteiger partial charge in [0.25, 0.3) is 0 Å². The third-order valence-electron chi connectivity index (χ3n) is 3.18. The van der Waals surface area contributed by atoms with Gasteiger partial charge in [-0.25, -0.2) is 0 Å². The second-order valence-electron chi connectivity index (χ2n) is 4.31. The molecule has 66 valence electrons. The van der Waals surface area contributed by atoms with Crippen molar-refractivity contribution in [1.82, 2.24) is 0 Å². The van der Waals surface area contributed by atoms with Gasteiger partial charge in [0.05, 0.1) is 0 Å². The maximum atomic E-state index is 11.4. The molecule has 2 nitrogen and oxygen atoms in total. The van der Waals surface area contributed by atoms with Crippen LogP contribution in [-0.2, 0) is 9.59 Å². The third kappa shape index (κ3) is 0.942. The normalized spacial score (nSPS) is 26.0. The first-order chi connectivity index (χ1) is 5.30. The summed E-state index contributed by atoms with van der Waals surface area (Å²) in [6, 6.07) is 0. The molecule has 0 amide bonds. The van der Waals surface area contributed by atoms with Crippen LogP contribution in [0.4, 0.5) is 0 Å². The Morgan fingerprint density at radius 2 is 1.08 bits per heavy atom. The van der Waals surface area contributed by atoms with Crippen molar-refractivity contribution in [2.24, 2.45) is 10.8 Å². The number of allylic oxidation sites excluding steroid dienone is 2. The van der Waals surface area contributed by atoms with E-state index in [0.29, 0.717) is 0 Å². The first kappa shape index (κ1) is 9.17. The van der Waals surface area contributed by atoms with Gasteiger partial charge in [-0.1, -0.05) is 27.7 Å². The molecule has 0 heterocycles. The molecule has 0 aromatic carbocycles. The van der Waals surface area contributed by atoms with Crippen molar-refractivity contribution in [3.63, 3.8) is 0 Å². The smallest absolute Gasteiger partial charge is 0.162 e. The van der Waals surface area contributed by atoms with Crippen molar-refractivity contribution in [1.29, 1.82) is 0 Å². The number of hydrogen-bond acceptors (Lipinski definition) is 2. The lowest BCUT2D eigenvalue weighted by molar-refractivity contribution is -0.140. The number of carbonyl (C=O) groups excluding carboxylic acids is 2. The molecule has 0 saturated heterocycles. The Labute approximate surface area is 72.7 Å². The highest BCUT2D eigenvalue weighted by molar-refractivity contribution is 6.10. The van der Waals surface area contributed by atoms with Gasteiger partial charge in [0.15, 0.2) is 11.6 Å². The summed E-state index contributed by atoms with van der Waals surface area (Å²) in [6.45, 7) is 7.26. The van der Waals surface area contributed by atoms with Crippen LogP contribution in [0.15, 0.2) is 12.2 Å². The fourth-order valence-electron chi connectivity index (χ4n) is 1.18. The zero-order valence-electron chi connectivity index (χ0n) is 7.97. The van der Waals surface area contributed by atoms with Crippen LogP contribution in [0, 0.1) is 10.8 Å². The van der Waals surface area contributed by atoms with E-state index in [9.17, 15) is 9.59 Å². The minimum Gasteiger partial charge on any atom is -0.294 e. The van der Waals surface area contributed by atoms with Gasteiger partial charge in [-0.05, 0) is 12.2 Å². The van der Waals surface area contributed by atoms with E-state index in [1.54, 1.807) is 0 Å². The van der Waals surface area contributed by atoms with Crippen molar-refractivity contribution in [2.45, 2.75) is 27.7 Å². The predicted molar refractivity (Wildman–Crippen MR) is 46.7 cm³/mol. The van der Waals surface area contributed by atoms with Gasteiger partial charge in [-0.3, -0.25) is 9.59 Å². The average Bonchev–Trinajstić information content (AvgIpc) is 1.96. The van der Waals surface area contributed by atoms with Crippen molar-refractivity contribution in [2.75, 3.05) is 0 Å². The summed E-state index contributed by atoms with van der Waals surface area (Å²) in [5, 5.41) is 0. The fraction of sp³-hybridized carbons (Fsp3) is 0.600. The molecule has 1 rings (SSSR count). The Balaban J connectivity index is 3.25. The average molecular weight is 166 g/mol. The van der Waals surface area contributed by atoms with Crippen molar-refractivity contribution in [3.8, 4) is 0 Å². The maximum Gasteiger partial charge on any atom is 0.162 e. The minimum absolute atomic E-state index is 0.0344. The maximum absolute atomic E-state index is 11.4. The van der Waals surface area contributed by atoms with Crippen LogP contribution >= 0.6 is 0 Å². The zero-order valence-corrected chi connectivity index (χ0v) is 7.97. The second-order valence-corrected chi connectivity index (χ2v) is 4.31. The van der Waals surface area contributed by atoms with Crippen molar-refractivity contribution >= 4 is 11.6 Å². The van der Waals surface area contributed by atoms with Crippen LogP contribution in [0.3, 0.4) is 0 Å². The highest BCUT2D eigenvalue weighted by atomic mass is 16.1. The van der Waals surface area contributed by atoms with Gasteiger partial charge in [0.2, 0.25) is 0 Å². The lowest BCUT2D eigenvalue weighted by Crippen LogP contribution is -2.46. The monoisotopic (exact) mass is 166 g/mol. The summed E-state index contributed by atoms with van der Waals surface area (Å²) in [5.41, 5.74) is -1.14. The molecular weight excluding hydrogens is 152 g/mol. The van der Waals surface area contributed by atoms with Crippen molar-refractivity contribution in [3.05, 3.63) is 12.2 Å². The molecule has 0 fully saturated rings. The summed E-state index contributed by atoms with van der Waals surface area (Å²) in [4.78, 5) is 22.9. The van der Waals surface area contributed by atoms with Crippen LogP contribution in [0.1, 0.15) is 27.7 Å². The van der Waals surface area contributed by atoms with E-state index in [-0.39, 0.29) is 11.6 Å². The largest absolute Gasteiger partial charge is 0.294 e. The molecule has 0 N–H and O–H groups in total.